The molecule has 5 nitrogen and oxygen atoms in total. The number of carbonyl (C=O) groups is 1. The molecule has 172 valence electrons. The van der Waals surface area contributed by atoms with Gasteiger partial charge >= 0.3 is 6.18 Å². The first kappa shape index (κ1) is 22.6. The topological polar surface area (TPSA) is 50.8 Å². The summed E-state index contributed by atoms with van der Waals surface area (Å²) >= 11 is 0. The van der Waals surface area contributed by atoms with E-state index in [1.54, 1.807) is 24.3 Å². The van der Waals surface area contributed by atoms with E-state index in [-0.39, 0.29) is 24.2 Å². The highest BCUT2D eigenvalue weighted by atomic mass is 19.4. The monoisotopic (exact) mass is 448 g/mol. The Morgan fingerprint density at radius 3 is 2.53 bits per heavy atom. The van der Waals surface area contributed by atoms with E-state index in [1.165, 1.54) is 0 Å². The minimum absolute atomic E-state index is 0.161. The van der Waals surface area contributed by atoms with Crippen molar-refractivity contribution >= 4 is 5.91 Å². The smallest absolute Gasteiger partial charge is 0.411 e. The zero-order valence-electron chi connectivity index (χ0n) is 18.0. The maximum Gasteiger partial charge on any atom is 0.411 e. The summed E-state index contributed by atoms with van der Waals surface area (Å²) in [6.45, 7) is 0.434. The highest BCUT2D eigenvalue weighted by Gasteiger charge is 2.43. The largest absolute Gasteiger partial charge is 0.487 e. The number of nitrogens with one attached hydrogen (secondary N) is 1. The molecule has 1 spiro atoms. The van der Waals surface area contributed by atoms with Crippen molar-refractivity contribution in [3.05, 3.63) is 65.2 Å². The van der Waals surface area contributed by atoms with Crippen molar-refractivity contribution in [1.82, 2.24) is 10.2 Å². The van der Waals surface area contributed by atoms with Crippen LogP contribution in [0.5, 0.6) is 5.75 Å². The van der Waals surface area contributed by atoms with Crippen LogP contribution >= 0.6 is 0 Å². The lowest BCUT2D eigenvalue weighted by atomic mass is 9.80. The molecule has 0 bridgehead atoms. The number of hydrogen-bond acceptors (Lipinski definition) is 4. The fourth-order valence-corrected chi connectivity index (χ4v) is 4.36. The van der Waals surface area contributed by atoms with Crippen LogP contribution in [-0.2, 0) is 11.3 Å². The molecular formula is C24H27F3N2O3. The Hall–Kier alpha value is -2.58. The van der Waals surface area contributed by atoms with Gasteiger partial charge in [0.1, 0.15) is 18.0 Å². The molecule has 1 N–H and O–H groups in total. The summed E-state index contributed by atoms with van der Waals surface area (Å²) in [5.41, 5.74) is 1.69. The van der Waals surface area contributed by atoms with Gasteiger partial charge in [-0.15, -0.1) is 0 Å². The van der Waals surface area contributed by atoms with Gasteiger partial charge in [-0.3, -0.25) is 4.79 Å². The number of hydrogen-bond donors (Lipinski definition) is 1. The molecule has 2 aromatic rings. The molecule has 1 unspecified atom stereocenters. The van der Waals surface area contributed by atoms with E-state index in [9.17, 15) is 18.0 Å². The predicted molar refractivity (Wildman–Crippen MR) is 114 cm³/mol. The number of halogens is 3. The average Bonchev–Trinajstić information content (AvgIpc) is 2.75. The van der Waals surface area contributed by atoms with Crippen LogP contribution < -0.4 is 10.1 Å². The summed E-state index contributed by atoms with van der Waals surface area (Å²) in [6, 6.07) is 14.1. The molecule has 2 aromatic carbocycles. The lowest BCUT2D eigenvalue weighted by Crippen LogP contribution is -2.51. The molecule has 4 rings (SSSR count). The van der Waals surface area contributed by atoms with Crippen molar-refractivity contribution in [2.45, 2.75) is 43.7 Å². The van der Waals surface area contributed by atoms with Gasteiger partial charge in [-0.05, 0) is 43.7 Å². The third kappa shape index (κ3) is 5.42. The van der Waals surface area contributed by atoms with Gasteiger partial charge in [-0.1, -0.05) is 30.3 Å². The van der Waals surface area contributed by atoms with Crippen molar-refractivity contribution in [2.75, 3.05) is 26.7 Å². The van der Waals surface area contributed by atoms with Gasteiger partial charge in [0, 0.05) is 30.6 Å². The Balaban J connectivity index is 1.44. The van der Waals surface area contributed by atoms with Crippen molar-refractivity contribution in [2.24, 2.45) is 0 Å². The molecule has 8 heteroatoms. The van der Waals surface area contributed by atoms with E-state index in [0.29, 0.717) is 17.5 Å². The maximum absolute atomic E-state index is 13.0. The number of alkyl halides is 3. The molecule has 1 fully saturated rings. The van der Waals surface area contributed by atoms with Gasteiger partial charge in [0.2, 0.25) is 0 Å². The molecule has 0 aliphatic carbocycles. The first-order valence-corrected chi connectivity index (χ1v) is 10.7. The van der Waals surface area contributed by atoms with Crippen molar-refractivity contribution in [3.8, 4) is 5.75 Å². The molecular weight excluding hydrogens is 421 g/mol. The molecule has 1 saturated heterocycles. The highest BCUT2D eigenvalue weighted by molar-refractivity contribution is 5.94. The van der Waals surface area contributed by atoms with E-state index in [1.807, 2.05) is 24.3 Å². The summed E-state index contributed by atoms with van der Waals surface area (Å²) in [6.07, 6.45) is -1.86. The van der Waals surface area contributed by atoms with Crippen molar-refractivity contribution < 1.29 is 27.4 Å². The van der Waals surface area contributed by atoms with Gasteiger partial charge < -0.3 is 19.7 Å². The van der Waals surface area contributed by atoms with Crippen LogP contribution in [0.4, 0.5) is 13.2 Å². The summed E-state index contributed by atoms with van der Waals surface area (Å²) in [7, 11) is 2.10. The summed E-state index contributed by atoms with van der Waals surface area (Å²) in [5.74, 6) is 0.586. The SMILES string of the molecule is CN1CCC2(CC1)CC(NC(=O)c1ccc(COCC(F)(F)F)cc1)c1ccccc1O2. The van der Waals surface area contributed by atoms with E-state index in [2.05, 4.69) is 22.0 Å². The number of piperidine rings is 1. The molecule has 0 radical (unpaired) electrons. The lowest BCUT2D eigenvalue weighted by molar-refractivity contribution is -0.176. The Morgan fingerprint density at radius 2 is 1.84 bits per heavy atom. The van der Waals surface area contributed by atoms with Gasteiger partial charge in [-0.25, -0.2) is 0 Å². The Labute approximate surface area is 185 Å². The van der Waals surface area contributed by atoms with E-state index < -0.39 is 12.8 Å². The number of rotatable bonds is 5. The second-order valence-corrected chi connectivity index (χ2v) is 8.66. The molecule has 2 aliphatic heterocycles. The van der Waals surface area contributed by atoms with Gasteiger partial charge in [0.25, 0.3) is 5.91 Å². The number of para-hydroxylation sites is 1. The molecule has 1 atom stereocenters. The first-order valence-electron chi connectivity index (χ1n) is 10.7. The van der Waals surface area contributed by atoms with Crippen LogP contribution in [0.1, 0.15) is 46.8 Å². The maximum atomic E-state index is 13.0. The molecule has 0 saturated carbocycles. The quantitative estimate of drug-likeness (QED) is 0.733. The van der Waals surface area contributed by atoms with Crippen LogP contribution in [0.15, 0.2) is 48.5 Å². The zero-order valence-corrected chi connectivity index (χ0v) is 18.0. The van der Waals surface area contributed by atoms with E-state index in [0.717, 1.165) is 37.2 Å². The number of likely N-dealkylation sites (tertiary alicyclic amines) is 1. The number of carbonyl (C=O) groups excluding carboxylic acids is 1. The van der Waals surface area contributed by atoms with Gasteiger partial charge in [0.05, 0.1) is 12.6 Å². The van der Waals surface area contributed by atoms with Crippen molar-refractivity contribution in [3.63, 3.8) is 0 Å². The summed E-state index contributed by atoms with van der Waals surface area (Å²) in [4.78, 5) is 15.2. The fourth-order valence-electron chi connectivity index (χ4n) is 4.36. The first-order chi connectivity index (χ1) is 15.2. The normalized spacial score (nSPS) is 20.4. The predicted octanol–water partition coefficient (Wildman–Crippen LogP) is 4.48. The fraction of sp³-hybridized carbons (Fsp3) is 0.458. The standard InChI is InChI=1S/C24H27F3N2O3/c1-29-12-10-23(11-13-29)14-20(19-4-2-3-5-21(19)32-23)28-22(30)18-8-6-17(7-9-18)15-31-16-24(25,26)27/h2-9,20H,10-16H2,1H3,(H,28,30). The minimum atomic E-state index is -4.36. The molecule has 1 amide bonds. The van der Waals surface area contributed by atoms with E-state index >= 15 is 0 Å². The van der Waals surface area contributed by atoms with Crippen LogP contribution in [0.3, 0.4) is 0 Å². The van der Waals surface area contributed by atoms with Gasteiger partial charge in [0.15, 0.2) is 0 Å². The van der Waals surface area contributed by atoms with E-state index in [4.69, 9.17) is 4.74 Å². The second kappa shape index (κ2) is 9.11. The summed E-state index contributed by atoms with van der Waals surface area (Å²) < 4.78 is 47.8. The number of ether oxygens (including phenoxy) is 2. The molecule has 2 aliphatic rings. The van der Waals surface area contributed by atoms with Gasteiger partial charge in [-0.2, -0.15) is 13.2 Å². The van der Waals surface area contributed by atoms with Crippen LogP contribution in [0.2, 0.25) is 0 Å². The molecule has 0 aromatic heterocycles. The zero-order chi connectivity index (χ0) is 22.8. The summed E-state index contributed by atoms with van der Waals surface area (Å²) in [5, 5.41) is 3.14. The van der Waals surface area contributed by atoms with Crippen molar-refractivity contribution in [1.29, 1.82) is 0 Å². The molecule has 32 heavy (non-hydrogen) atoms. The Kier molecular flexibility index (Phi) is 6.44. The third-order valence-electron chi connectivity index (χ3n) is 6.15. The highest BCUT2D eigenvalue weighted by Crippen LogP contribution is 2.44. The number of fused-ring (bicyclic) bond motifs is 1. The second-order valence-electron chi connectivity index (χ2n) is 8.66. The van der Waals surface area contributed by atoms with Crippen LogP contribution in [0, 0.1) is 0 Å². The molecule has 2 heterocycles. The number of benzene rings is 2. The Bertz CT molecular complexity index is 938. The number of amides is 1. The third-order valence-corrected chi connectivity index (χ3v) is 6.15. The van der Waals surface area contributed by atoms with Crippen LogP contribution in [-0.4, -0.2) is 49.3 Å². The van der Waals surface area contributed by atoms with Crippen LogP contribution in [0.25, 0.3) is 0 Å². The Morgan fingerprint density at radius 1 is 1.16 bits per heavy atom. The lowest BCUT2D eigenvalue weighted by Gasteiger charge is -2.46. The average molecular weight is 448 g/mol. The number of nitrogens with zero attached hydrogens (tertiary/aromatic N) is 1. The minimum Gasteiger partial charge on any atom is -0.487 e.